The first-order valence-corrected chi connectivity index (χ1v) is 8.85. The van der Waals surface area contributed by atoms with Gasteiger partial charge in [-0.05, 0) is 42.7 Å². The molecule has 144 valence electrons. The maximum atomic E-state index is 13.7. The van der Waals surface area contributed by atoms with Crippen molar-refractivity contribution in [2.75, 3.05) is 13.7 Å². The number of esters is 1. The van der Waals surface area contributed by atoms with Gasteiger partial charge in [-0.15, -0.1) is 0 Å². The van der Waals surface area contributed by atoms with Gasteiger partial charge < -0.3 is 14.8 Å². The van der Waals surface area contributed by atoms with Gasteiger partial charge in [0.25, 0.3) is 0 Å². The van der Waals surface area contributed by atoms with Gasteiger partial charge in [0.05, 0.1) is 26.2 Å². The summed E-state index contributed by atoms with van der Waals surface area (Å²) < 4.78 is 23.9. The summed E-state index contributed by atoms with van der Waals surface area (Å²) in [5, 5.41) is 2.85. The van der Waals surface area contributed by atoms with Crippen molar-refractivity contribution in [1.29, 1.82) is 0 Å². The molecule has 0 aliphatic carbocycles. The molecule has 0 saturated carbocycles. The monoisotopic (exact) mass is 373 g/mol. The quantitative estimate of drug-likeness (QED) is 0.683. The van der Waals surface area contributed by atoms with Crippen LogP contribution in [0.25, 0.3) is 0 Å². The Morgan fingerprint density at radius 1 is 1.15 bits per heavy atom. The molecule has 2 aromatic carbocycles. The molecule has 2 rings (SSSR count). The molecule has 1 atom stereocenters. The van der Waals surface area contributed by atoms with Crippen LogP contribution in [-0.2, 0) is 20.7 Å². The van der Waals surface area contributed by atoms with Crippen LogP contribution in [0.3, 0.4) is 0 Å². The molecule has 5 nitrogen and oxygen atoms in total. The lowest BCUT2D eigenvalue weighted by atomic mass is 10.0. The van der Waals surface area contributed by atoms with Gasteiger partial charge >= 0.3 is 5.97 Å². The number of benzene rings is 2. The predicted octanol–water partition coefficient (Wildman–Crippen LogP) is 3.58. The molecular weight excluding hydrogens is 349 g/mol. The van der Waals surface area contributed by atoms with Crippen LogP contribution in [0.5, 0.6) is 5.75 Å². The molecule has 0 heterocycles. The fourth-order valence-electron chi connectivity index (χ4n) is 2.71. The van der Waals surface area contributed by atoms with Crippen LogP contribution in [0.1, 0.15) is 36.9 Å². The number of carbonyl (C=O) groups excluding carboxylic acids is 2. The molecule has 0 fully saturated rings. The second-order valence-corrected chi connectivity index (χ2v) is 6.00. The summed E-state index contributed by atoms with van der Waals surface area (Å²) in [5.41, 5.74) is 1.22. The first kappa shape index (κ1) is 20.4. The highest BCUT2D eigenvalue weighted by molar-refractivity contribution is 5.78. The number of rotatable bonds is 9. The Morgan fingerprint density at radius 2 is 1.93 bits per heavy atom. The van der Waals surface area contributed by atoms with Crippen LogP contribution in [0, 0.1) is 5.82 Å². The van der Waals surface area contributed by atoms with Crippen LogP contribution in [-0.4, -0.2) is 25.6 Å². The van der Waals surface area contributed by atoms with Gasteiger partial charge in [-0.3, -0.25) is 9.59 Å². The fourth-order valence-corrected chi connectivity index (χ4v) is 2.71. The highest BCUT2D eigenvalue weighted by Crippen LogP contribution is 2.22. The zero-order valence-electron chi connectivity index (χ0n) is 15.5. The third kappa shape index (κ3) is 6.40. The van der Waals surface area contributed by atoms with E-state index in [-0.39, 0.29) is 37.6 Å². The maximum absolute atomic E-state index is 13.7. The minimum absolute atomic E-state index is 0.00639. The Balaban J connectivity index is 2.07. The number of carbonyl (C=O) groups is 2. The van der Waals surface area contributed by atoms with Crippen molar-refractivity contribution < 1.29 is 23.5 Å². The van der Waals surface area contributed by atoms with Crippen LogP contribution in [0.2, 0.25) is 0 Å². The van der Waals surface area contributed by atoms with Crippen molar-refractivity contribution in [3.8, 4) is 5.75 Å². The Labute approximate surface area is 158 Å². The number of halogens is 1. The minimum atomic E-state index is -0.549. The zero-order valence-corrected chi connectivity index (χ0v) is 15.5. The Kier molecular flexibility index (Phi) is 7.79. The highest BCUT2D eigenvalue weighted by Gasteiger charge is 2.20. The van der Waals surface area contributed by atoms with E-state index < -0.39 is 12.0 Å². The molecule has 0 aliphatic heterocycles. The van der Waals surface area contributed by atoms with E-state index in [0.29, 0.717) is 11.3 Å². The lowest BCUT2D eigenvalue weighted by Gasteiger charge is -2.19. The van der Waals surface area contributed by atoms with E-state index >= 15 is 0 Å². The lowest BCUT2D eigenvalue weighted by molar-refractivity contribution is -0.143. The largest absolute Gasteiger partial charge is 0.497 e. The first-order valence-electron chi connectivity index (χ1n) is 8.85. The second kappa shape index (κ2) is 10.3. The zero-order chi connectivity index (χ0) is 19.6. The highest BCUT2D eigenvalue weighted by atomic mass is 19.1. The number of aryl methyl sites for hydroxylation is 1. The molecule has 1 amide bonds. The third-order valence-electron chi connectivity index (χ3n) is 4.09. The molecule has 6 heteroatoms. The van der Waals surface area contributed by atoms with Crippen LogP contribution in [0.15, 0.2) is 48.5 Å². The van der Waals surface area contributed by atoms with Crippen molar-refractivity contribution in [2.24, 2.45) is 0 Å². The number of methoxy groups -OCH3 is 1. The number of amides is 1. The van der Waals surface area contributed by atoms with Crippen LogP contribution >= 0.6 is 0 Å². The first-order chi connectivity index (χ1) is 13.0. The Bertz CT molecular complexity index is 778. The fraction of sp³-hybridized carbons (Fsp3) is 0.333. The molecule has 0 saturated heterocycles. The van der Waals surface area contributed by atoms with Gasteiger partial charge in [-0.1, -0.05) is 30.3 Å². The van der Waals surface area contributed by atoms with E-state index in [1.807, 2.05) is 6.07 Å². The molecule has 0 aliphatic rings. The lowest BCUT2D eigenvalue weighted by Crippen LogP contribution is -2.31. The van der Waals surface area contributed by atoms with Gasteiger partial charge in [0.2, 0.25) is 5.91 Å². The molecule has 27 heavy (non-hydrogen) atoms. The molecule has 0 aromatic heterocycles. The van der Waals surface area contributed by atoms with Crippen molar-refractivity contribution in [1.82, 2.24) is 5.32 Å². The Hall–Kier alpha value is -2.89. The molecular formula is C21H24FNO4. The molecule has 1 N–H and O–H groups in total. The van der Waals surface area contributed by atoms with Crippen molar-refractivity contribution in [2.45, 2.75) is 32.2 Å². The summed E-state index contributed by atoms with van der Waals surface area (Å²) in [6, 6.07) is 13.0. The van der Waals surface area contributed by atoms with E-state index in [2.05, 4.69) is 5.32 Å². The Morgan fingerprint density at radius 3 is 2.63 bits per heavy atom. The average Bonchev–Trinajstić information content (AvgIpc) is 2.67. The topological polar surface area (TPSA) is 64.6 Å². The smallest absolute Gasteiger partial charge is 0.308 e. The second-order valence-electron chi connectivity index (χ2n) is 6.00. The number of nitrogens with one attached hydrogen (secondary N) is 1. The normalized spacial score (nSPS) is 11.5. The summed E-state index contributed by atoms with van der Waals surface area (Å²) in [6.45, 7) is 2.00. The van der Waals surface area contributed by atoms with E-state index in [0.717, 1.165) is 5.56 Å². The summed E-state index contributed by atoms with van der Waals surface area (Å²) in [6.07, 6.45) is 0.402. The molecule has 0 radical (unpaired) electrons. The summed E-state index contributed by atoms with van der Waals surface area (Å²) in [4.78, 5) is 24.3. The van der Waals surface area contributed by atoms with Gasteiger partial charge in [0, 0.05) is 6.42 Å². The minimum Gasteiger partial charge on any atom is -0.497 e. The summed E-state index contributed by atoms with van der Waals surface area (Å²) >= 11 is 0. The predicted molar refractivity (Wildman–Crippen MR) is 99.8 cm³/mol. The SMILES string of the molecule is CCOC(=O)CC(NC(=O)CCc1ccccc1F)c1cccc(OC)c1. The van der Waals surface area contributed by atoms with E-state index in [1.165, 1.54) is 6.07 Å². The third-order valence-corrected chi connectivity index (χ3v) is 4.09. The van der Waals surface area contributed by atoms with E-state index in [1.54, 1.807) is 50.4 Å². The number of hydrogen-bond donors (Lipinski definition) is 1. The standard InChI is InChI=1S/C21H24FNO4/c1-3-27-21(25)14-19(16-8-6-9-17(13-16)26-2)23-20(24)12-11-15-7-4-5-10-18(15)22/h4-10,13,19H,3,11-12,14H2,1-2H3,(H,23,24). The van der Waals surface area contributed by atoms with Gasteiger partial charge in [-0.25, -0.2) is 4.39 Å². The van der Waals surface area contributed by atoms with Crippen molar-refractivity contribution in [3.63, 3.8) is 0 Å². The van der Waals surface area contributed by atoms with Crippen LogP contribution < -0.4 is 10.1 Å². The van der Waals surface area contributed by atoms with Crippen molar-refractivity contribution >= 4 is 11.9 Å². The van der Waals surface area contributed by atoms with E-state index in [4.69, 9.17) is 9.47 Å². The maximum Gasteiger partial charge on any atom is 0.308 e. The average molecular weight is 373 g/mol. The molecule has 0 spiro atoms. The van der Waals surface area contributed by atoms with Crippen molar-refractivity contribution in [3.05, 3.63) is 65.5 Å². The number of ether oxygens (including phenoxy) is 2. The van der Waals surface area contributed by atoms with Crippen LogP contribution in [0.4, 0.5) is 4.39 Å². The summed E-state index contributed by atoms with van der Waals surface area (Å²) in [5.74, 6) is -0.377. The molecule has 2 aromatic rings. The molecule has 1 unspecified atom stereocenters. The number of hydrogen-bond acceptors (Lipinski definition) is 4. The van der Waals surface area contributed by atoms with Gasteiger partial charge in [0.15, 0.2) is 0 Å². The van der Waals surface area contributed by atoms with Gasteiger partial charge in [-0.2, -0.15) is 0 Å². The summed E-state index contributed by atoms with van der Waals surface area (Å²) in [7, 11) is 1.55. The van der Waals surface area contributed by atoms with Gasteiger partial charge in [0.1, 0.15) is 11.6 Å². The molecule has 0 bridgehead atoms. The van der Waals surface area contributed by atoms with E-state index in [9.17, 15) is 14.0 Å².